The first kappa shape index (κ1) is 20.4. The standard InChI is InChI=1S/C17H21N3O2.2ClH/c18-9-16-8-14(12-22-16)17(21)19-10-13-6-7-20(11-13)15-4-2-1-3-5-15;;/h1-5,8,12-13H,6-7,9-11,18H2,(H,19,21);2*1H. The maximum atomic E-state index is 12.1. The van der Waals surface area contributed by atoms with Crippen molar-refractivity contribution in [1.29, 1.82) is 0 Å². The van der Waals surface area contributed by atoms with Gasteiger partial charge in [0.2, 0.25) is 0 Å². The summed E-state index contributed by atoms with van der Waals surface area (Å²) in [6.07, 6.45) is 2.55. The zero-order valence-corrected chi connectivity index (χ0v) is 14.9. The van der Waals surface area contributed by atoms with Crippen LogP contribution in [0.2, 0.25) is 0 Å². The van der Waals surface area contributed by atoms with Gasteiger partial charge in [-0.15, -0.1) is 24.8 Å². The van der Waals surface area contributed by atoms with Gasteiger partial charge in [-0.3, -0.25) is 4.79 Å². The van der Waals surface area contributed by atoms with E-state index in [1.54, 1.807) is 6.07 Å². The van der Waals surface area contributed by atoms with Crippen LogP contribution in [0.25, 0.3) is 0 Å². The highest BCUT2D eigenvalue weighted by atomic mass is 35.5. The molecule has 1 aromatic heterocycles. The molecule has 5 nitrogen and oxygen atoms in total. The Morgan fingerprint density at radius 1 is 1.29 bits per heavy atom. The van der Waals surface area contributed by atoms with Gasteiger partial charge in [-0.1, -0.05) is 18.2 Å². The molecule has 0 bridgehead atoms. The molecule has 0 spiro atoms. The first-order valence-corrected chi connectivity index (χ1v) is 7.62. The predicted molar refractivity (Wildman–Crippen MR) is 100 cm³/mol. The Bertz CT molecular complexity index is 634. The van der Waals surface area contributed by atoms with Crippen molar-refractivity contribution in [2.45, 2.75) is 13.0 Å². The Kier molecular flexibility index (Phi) is 8.11. The third-order valence-electron chi connectivity index (χ3n) is 4.08. The molecule has 1 fully saturated rings. The lowest BCUT2D eigenvalue weighted by Crippen LogP contribution is -2.30. The van der Waals surface area contributed by atoms with E-state index >= 15 is 0 Å². The number of nitrogens with zero attached hydrogens (tertiary/aromatic N) is 1. The van der Waals surface area contributed by atoms with Crippen molar-refractivity contribution >= 4 is 36.4 Å². The number of carbonyl (C=O) groups excluding carboxylic acids is 1. The van der Waals surface area contributed by atoms with Gasteiger partial charge in [-0.25, -0.2) is 0 Å². The van der Waals surface area contributed by atoms with E-state index in [1.807, 2.05) is 6.07 Å². The molecule has 2 aromatic rings. The number of amides is 1. The number of para-hydroxylation sites is 1. The van der Waals surface area contributed by atoms with Crippen LogP contribution in [0.1, 0.15) is 22.5 Å². The smallest absolute Gasteiger partial charge is 0.254 e. The molecule has 1 atom stereocenters. The minimum absolute atomic E-state index is 0. The maximum absolute atomic E-state index is 12.1. The van der Waals surface area contributed by atoms with Crippen LogP contribution in [0.3, 0.4) is 0 Å². The largest absolute Gasteiger partial charge is 0.467 e. The lowest BCUT2D eigenvalue weighted by molar-refractivity contribution is 0.0947. The van der Waals surface area contributed by atoms with E-state index in [-0.39, 0.29) is 30.7 Å². The highest BCUT2D eigenvalue weighted by Crippen LogP contribution is 2.23. The quantitative estimate of drug-likeness (QED) is 0.847. The van der Waals surface area contributed by atoms with Crippen LogP contribution < -0.4 is 16.0 Å². The number of hydrogen-bond donors (Lipinski definition) is 2. The van der Waals surface area contributed by atoms with Crippen LogP contribution in [-0.4, -0.2) is 25.5 Å². The average molecular weight is 372 g/mol. The molecule has 3 rings (SSSR count). The minimum Gasteiger partial charge on any atom is -0.467 e. The number of carbonyl (C=O) groups is 1. The molecule has 1 unspecified atom stereocenters. The molecule has 0 saturated carbocycles. The molecule has 1 aliphatic rings. The van der Waals surface area contributed by atoms with Gasteiger partial charge < -0.3 is 20.4 Å². The minimum atomic E-state index is -0.0957. The summed E-state index contributed by atoms with van der Waals surface area (Å²) in [4.78, 5) is 14.4. The van der Waals surface area contributed by atoms with Crippen LogP contribution in [0.4, 0.5) is 5.69 Å². The number of nitrogens with two attached hydrogens (primary N) is 1. The number of nitrogens with one attached hydrogen (secondary N) is 1. The van der Waals surface area contributed by atoms with Crippen molar-refractivity contribution in [3.8, 4) is 0 Å². The van der Waals surface area contributed by atoms with Crippen molar-refractivity contribution in [3.05, 3.63) is 54.0 Å². The molecule has 7 heteroatoms. The van der Waals surface area contributed by atoms with Gasteiger partial charge in [0.25, 0.3) is 5.91 Å². The molecule has 1 saturated heterocycles. The normalized spacial score (nSPS) is 16.2. The van der Waals surface area contributed by atoms with Crippen LogP contribution in [0, 0.1) is 5.92 Å². The second kappa shape index (κ2) is 9.57. The fraction of sp³-hybridized carbons (Fsp3) is 0.353. The number of furan rings is 1. The summed E-state index contributed by atoms with van der Waals surface area (Å²) >= 11 is 0. The number of halogens is 2. The Hall–Kier alpha value is -1.69. The fourth-order valence-electron chi connectivity index (χ4n) is 2.82. The third-order valence-corrected chi connectivity index (χ3v) is 4.08. The zero-order chi connectivity index (χ0) is 15.4. The molecule has 3 N–H and O–H groups in total. The average Bonchev–Trinajstić information content (AvgIpc) is 3.22. The van der Waals surface area contributed by atoms with Gasteiger partial charge in [0.05, 0.1) is 12.1 Å². The lowest BCUT2D eigenvalue weighted by Gasteiger charge is -2.18. The summed E-state index contributed by atoms with van der Waals surface area (Å²) in [5.74, 6) is 1.01. The monoisotopic (exact) mass is 371 g/mol. The highest BCUT2D eigenvalue weighted by Gasteiger charge is 2.23. The summed E-state index contributed by atoms with van der Waals surface area (Å²) in [6.45, 7) is 3.00. The van der Waals surface area contributed by atoms with Gasteiger partial charge in [-0.05, 0) is 30.5 Å². The van der Waals surface area contributed by atoms with Crippen molar-refractivity contribution in [3.63, 3.8) is 0 Å². The molecule has 2 heterocycles. The van der Waals surface area contributed by atoms with Crippen molar-refractivity contribution in [2.24, 2.45) is 11.7 Å². The molecule has 24 heavy (non-hydrogen) atoms. The molecule has 1 amide bonds. The number of hydrogen-bond acceptors (Lipinski definition) is 4. The topological polar surface area (TPSA) is 71.5 Å². The fourth-order valence-corrected chi connectivity index (χ4v) is 2.82. The van der Waals surface area contributed by atoms with Gasteiger partial charge in [0, 0.05) is 25.3 Å². The lowest BCUT2D eigenvalue weighted by atomic mass is 10.1. The van der Waals surface area contributed by atoms with Gasteiger partial charge in [0.1, 0.15) is 12.0 Å². The Balaban J connectivity index is 0.00000144. The molecular formula is C17H23Cl2N3O2. The van der Waals surface area contributed by atoms with Gasteiger partial charge in [0.15, 0.2) is 0 Å². The van der Waals surface area contributed by atoms with E-state index in [0.717, 1.165) is 19.5 Å². The second-order valence-electron chi connectivity index (χ2n) is 5.65. The second-order valence-corrected chi connectivity index (χ2v) is 5.65. The number of benzene rings is 1. The van der Waals surface area contributed by atoms with Crippen LogP contribution in [-0.2, 0) is 6.54 Å². The van der Waals surface area contributed by atoms with Crippen molar-refractivity contribution < 1.29 is 9.21 Å². The van der Waals surface area contributed by atoms with E-state index < -0.39 is 0 Å². The van der Waals surface area contributed by atoms with E-state index in [4.69, 9.17) is 10.2 Å². The van der Waals surface area contributed by atoms with E-state index in [2.05, 4.69) is 34.5 Å². The van der Waals surface area contributed by atoms with E-state index in [9.17, 15) is 4.79 Å². The van der Waals surface area contributed by atoms with Crippen molar-refractivity contribution in [2.75, 3.05) is 24.5 Å². The SMILES string of the molecule is Cl.Cl.NCc1cc(C(=O)NCC2CCN(c3ccccc3)C2)co1. The summed E-state index contributed by atoms with van der Waals surface area (Å²) in [6, 6.07) is 12.1. The predicted octanol–water partition coefficient (Wildman–Crippen LogP) is 2.84. The summed E-state index contributed by atoms with van der Waals surface area (Å²) in [5, 5.41) is 2.98. The summed E-state index contributed by atoms with van der Waals surface area (Å²) in [7, 11) is 0. The molecular weight excluding hydrogens is 349 g/mol. The van der Waals surface area contributed by atoms with E-state index in [0.29, 0.717) is 30.3 Å². The van der Waals surface area contributed by atoms with Crippen LogP contribution in [0.15, 0.2) is 47.1 Å². The summed E-state index contributed by atoms with van der Waals surface area (Å²) in [5.41, 5.74) is 7.27. The number of rotatable bonds is 5. The molecule has 1 aliphatic heterocycles. The first-order chi connectivity index (χ1) is 10.8. The van der Waals surface area contributed by atoms with Gasteiger partial charge >= 0.3 is 0 Å². The Labute approximate surface area is 154 Å². The van der Waals surface area contributed by atoms with E-state index in [1.165, 1.54) is 12.0 Å². The molecule has 1 aromatic carbocycles. The zero-order valence-electron chi connectivity index (χ0n) is 13.3. The van der Waals surface area contributed by atoms with Crippen LogP contribution in [0.5, 0.6) is 0 Å². The Morgan fingerprint density at radius 2 is 2.04 bits per heavy atom. The van der Waals surface area contributed by atoms with Crippen molar-refractivity contribution in [1.82, 2.24) is 5.32 Å². The van der Waals surface area contributed by atoms with Gasteiger partial charge in [-0.2, -0.15) is 0 Å². The third kappa shape index (κ3) is 4.90. The van der Waals surface area contributed by atoms with Crippen LogP contribution >= 0.6 is 24.8 Å². The molecule has 132 valence electrons. The number of anilines is 1. The first-order valence-electron chi connectivity index (χ1n) is 7.62. The highest BCUT2D eigenvalue weighted by molar-refractivity contribution is 5.93. The molecule has 0 aliphatic carbocycles. The molecule has 0 radical (unpaired) electrons. The summed E-state index contributed by atoms with van der Waals surface area (Å²) < 4.78 is 5.19. The maximum Gasteiger partial charge on any atom is 0.254 e. The Morgan fingerprint density at radius 3 is 2.71 bits per heavy atom.